The number of rotatable bonds is 2. The molecule has 1 aromatic rings. The number of amides is 1. The van der Waals surface area contributed by atoms with Crippen LogP contribution in [-0.4, -0.2) is 29.7 Å². The number of ether oxygens (including phenoxy) is 1. The third-order valence-corrected chi connectivity index (χ3v) is 3.23. The molecule has 0 saturated carbocycles. The first-order chi connectivity index (χ1) is 9.44. The molecule has 0 radical (unpaired) electrons. The van der Waals surface area contributed by atoms with E-state index in [1.165, 1.54) is 11.1 Å². The van der Waals surface area contributed by atoms with E-state index in [4.69, 9.17) is 4.74 Å². The van der Waals surface area contributed by atoms with Crippen LogP contribution in [0.2, 0.25) is 0 Å². The number of hydrogen-bond donors (Lipinski definition) is 0. The van der Waals surface area contributed by atoms with Crippen molar-refractivity contribution in [1.29, 1.82) is 0 Å². The van der Waals surface area contributed by atoms with Crippen molar-refractivity contribution in [3.63, 3.8) is 0 Å². The molecule has 1 heterocycles. The SMILES string of the molecule is CC(C)(C)OC(=O)N1CC=C(Cc2ccccc2)CC1. The Bertz CT molecular complexity index is 485. The number of benzene rings is 1. The van der Waals surface area contributed by atoms with Gasteiger partial charge in [-0.25, -0.2) is 4.79 Å². The fourth-order valence-corrected chi connectivity index (χ4v) is 2.22. The molecule has 0 bridgehead atoms. The van der Waals surface area contributed by atoms with Gasteiger partial charge in [0.1, 0.15) is 5.60 Å². The van der Waals surface area contributed by atoms with Gasteiger partial charge in [0.25, 0.3) is 0 Å². The molecule has 3 heteroatoms. The molecule has 0 unspecified atom stereocenters. The first kappa shape index (κ1) is 14.6. The number of carbonyl (C=O) groups is 1. The van der Waals surface area contributed by atoms with Crippen LogP contribution in [0.3, 0.4) is 0 Å². The second-order valence-electron chi connectivity index (χ2n) is 6.20. The normalized spacial score (nSPS) is 15.8. The molecule has 108 valence electrons. The highest BCUT2D eigenvalue weighted by atomic mass is 16.6. The Balaban J connectivity index is 1.89. The number of nitrogens with zero attached hydrogens (tertiary/aromatic N) is 1. The van der Waals surface area contributed by atoms with Crippen molar-refractivity contribution in [2.45, 2.75) is 39.2 Å². The summed E-state index contributed by atoms with van der Waals surface area (Å²) in [6.45, 7) is 7.08. The van der Waals surface area contributed by atoms with Crippen molar-refractivity contribution in [2.24, 2.45) is 0 Å². The molecular weight excluding hydrogens is 250 g/mol. The Morgan fingerprint density at radius 2 is 1.95 bits per heavy atom. The Hall–Kier alpha value is -1.77. The molecular formula is C17H23NO2. The third-order valence-electron chi connectivity index (χ3n) is 3.23. The molecule has 0 aliphatic carbocycles. The lowest BCUT2D eigenvalue weighted by molar-refractivity contribution is 0.0265. The van der Waals surface area contributed by atoms with Crippen LogP contribution >= 0.6 is 0 Å². The first-order valence-electron chi connectivity index (χ1n) is 7.14. The van der Waals surface area contributed by atoms with Gasteiger partial charge in [-0.05, 0) is 39.2 Å². The average molecular weight is 273 g/mol. The minimum atomic E-state index is -0.425. The highest BCUT2D eigenvalue weighted by molar-refractivity contribution is 5.68. The molecule has 2 rings (SSSR count). The zero-order valence-electron chi connectivity index (χ0n) is 12.6. The minimum Gasteiger partial charge on any atom is -0.444 e. The zero-order valence-corrected chi connectivity index (χ0v) is 12.6. The minimum absolute atomic E-state index is 0.215. The molecule has 3 nitrogen and oxygen atoms in total. The smallest absolute Gasteiger partial charge is 0.410 e. The Labute approximate surface area is 121 Å². The predicted octanol–water partition coefficient (Wildman–Crippen LogP) is 3.80. The summed E-state index contributed by atoms with van der Waals surface area (Å²) in [6.07, 6.45) is 3.84. The summed E-state index contributed by atoms with van der Waals surface area (Å²) in [4.78, 5) is 13.7. The molecule has 1 aliphatic rings. The average Bonchev–Trinajstić information content (AvgIpc) is 2.39. The van der Waals surface area contributed by atoms with Crippen LogP contribution in [-0.2, 0) is 11.2 Å². The summed E-state index contributed by atoms with van der Waals surface area (Å²) < 4.78 is 5.39. The summed E-state index contributed by atoms with van der Waals surface area (Å²) in [5, 5.41) is 0. The van der Waals surface area contributed by atoms with E-state index in [0.717, 1.165) is 19.4 Å². The van der Waals surface area contributed by atoms with Gasteiger partial charge in [0, 0.05) is 13.1 Å². The highest BCUT2D eigenvalue weighted by Gasteiger charge is 2.23. The Morgan fingerprint density at radius 1 is 1.25 bits per heavy atom. The Morgan fingerprint density at radius 3 is 2.50 bits per heavy atom. The van der Waals surface area contributed by atoms with E-state index in [0.29, 0.717) is 6.54 Å². The molecule has 0 atom stereocenters. The first-order valence-corrected chi connectivity index (χ1v) is 7.14. The standard InChI is InChI=1S/C17H23NO2/c1-17(2,3)20-16(19)18-11-9-15(10-12-18)13-14-7-5-4-6-8-14/h4-9H,10-13H2,1-3H3. The largest absolute Gasteiger partial charge is 0.444 e. The number of carbonyl (C=O) groups excluding carboxylic acids is 1. The van der Waals surface area contributed by atoms with E-state index in [1.54, 1.807) is 4.90 Å². The maximum Gasteiger partial charge on any atom is 0.410 e. The van der Waals surface area contributed by atoms with Gasteiger partial charge in [0.2, 0.25) is 0 Å². The van der Waals surface area contributed by atoms with E-state index in [1.807, 2.05) is 26.8 Å². The Kier molecular flexibility index (Phi) is 4.48. The van der Waals surface area contributed by atoms with Crippen molar-refractivity contribution in [3.05, 3.63) is 47.5 Å². The molecule has 1 aromatic carbocycles. The lowest BCUT2D eigenvalue weighted by atomic mass is 10.00. The van der Waals surface area contributed by atoms with Crippen molar-refractivity contribution < 1.29 is 9.53 Å². The van der Waals surface area contributed by atoms with Crippen LogP contribution in [0.5, 0.6) is 0 Å². The second kappa shape index (κ2) is 6.12. The molecule has 0 spiro atoms. The van der Waals surface area contributed by atoms with Gasteiger partial charge in [-0.3, -0.25) is 0 Å². The summed E-state index contributed by atoms with van der Waals surface area (Å²) in [5.41, 5.74) is 2.30. The van der Waals surface area contributed by atoms with Crippen LogP contribution in [0.1, 0.15) is 32.8 Å². The maximum absolute atomic E-state index is 12.0. The van der Waals surface area contributed by atoms with E-state index >= 15 is 0 Å². The van der Waals surface area contributed by atoms with Gasteiger partial charge in [0.05, 0.1) is 0 Å². The molecule has 1 amide bonds. The van der Waals surface area contributed by atoms with Crippen molar-refractivity contribution in [3.8, 4) is 0 Å². The van der Waals surface area contributed by atoms with Gasteiger partial charge < -0.3 is 9.64 Å². The maximum atomic E-state index is 12.0. The summed E-state index contributed by atoms with van der Waals surface area (Å²) in [7, 11) is 0. The summed E-state index contributed by atoms with van der Waals surface area (Å²) in [5.74, 6) is 0. The van der Waals surface area contributed by atoms with E-state index in [2.05, 4.69) is 30.3 Å². The third kappa shape index (κ3) is 4.41. The fraction of sp³-hybridized carbons (Fsp3) is 0.471. The zero-order chi connectivity index (χ0) is 14.6. The monoisotopic (exact) mass is 273 g/mol. The van der Waals surface area contributed by atoms with Crippen molar-refractivity contribution >= 4 is 6.09 Å². The predicted molar refractivity (Wildman–Crippen MR) is 80.7 cm³/mol. The van der Waals surface area contributed by atoms with Gasteiger partial charge >= 0.3 is 6.09 Å². The topological polar surface area (TPSA) is 29.5 Å². The van der Waals surface area contributed by atoms with Crippen LogP contribution in [0.25, 0.3) is 0 Å². The van der Waals surface area contributed by atoms with Crippen LogP contribution < -0.4 is 0 Å². The summed E-state index contributed by atoms with van der Waals surface area (Å²) in [6, 6.07) is 10.4. The van der Waals surface area contributed by atoms with E-state index < -0.39 is 5.60 Å². The second-order valence-corrected chi connectivity index (χ2v) is 6.20. The van der Waals surface area contributed by atoms with Crippen molar-refractivity contribution in [2.75, 3.05) is 13.1 Å². The quantitative estimate of drug-likeness (QED) is 0.767. The van der Waals surface area contributed by atoms with Crippen molar-refractivity contribution in [1.82, 2.24) is 4.90 Å². The highest BCUT2D eigenvalue weighted by Crippen LogP contribution is 2.18. The van der Waals surface area contributed by atoms with Gasteiger partial charge in [-0.15, -0.1) is 0 Å². The van der Waals surface area contributed by atoms with Crippen LogP contribution in [0, 0.1) is 0 Å². The lowest BCUT2D eigenvalue weighted by Crippen LogP contribution is -2.39. The molecule has 0 N–H and O–H groups in total. The fourth-order valence-electron chi connectivity index (χ4n) is 2.22. The van der Waals surface area contributed by atoms with Gasteiger partial charge in [0.15, 0.2) is 0 Å². The van der Waals surface area contributed by atoms with E-state index in [-0.39, 0.29) is 6.09 Å². The van der Waals surface area contributed by atoms with Gasteiger partial charge in [-0.2, -0.15) is 0 Å². The summed E-state index contributed by atoms with van der Waals surface area (Å²) >= 11 is 0. The lowest BCUT2D eigenvalue weighted by Gasteiger charge is -2.29. The molecule has 1 aliphatic heterocycles. The molecule has 0 aromatic heterocycles. The molecule has 0 fully saturated rings. The molecule has 20 heavy (non-hydrogen) atoms. The van der Waals surface area contributed by atoms with E-state index in [9.17, 15) is 4.79 Å². The van der Waals surface area contributed by atoms with Gasteiger partial charge in [-0.1, -0.05) is 42.0 Å². The van der Waals surface area contributed by atoms with Crippen LogP contribution in [0.15, 0.2) is 42.0 Å². The van der Waals surface area contributed by atoms with Crippen LogP contribution in [0.4, 0.5) is 4.79 Å². The number of hydrogen-bond acceptors (Lipinski definition) is 2. The molecule has 0 saturated heterocycles.